The molecular weight excluding hydrogens is 260 g/mol. The number of aromatic carboxylic acids is 1. The lowest BCUT2D eigenvalue weighted by Crippen LogP contribution is -2.04. The van der Waals surface area contributed by atoms with Gasteiger partial charge in [0.15, 0.2) is 0 Å². The van der Waals surface area contributed by atoms with Gasteiger partial charge in [-0.3, -0.25) is 0 Å². The van der Waals surface area contributed by atoms with E-state index in [1.807, 2.05) is 38.1 Å². The fourth-order valence-electron chi connectivity index (χ4n) is 2.46. The van der Waals surface area contributed by atoms with Crippen molar-refractivity contribution in [3.8, 4) is 0 Å². The summed E-state index contributed by atoms with van der Waals surface area (Å²) in [6.07, 6.45) is 5.67. The number of carboxylic acid groups (broad SMARTS) is 1. The number of allylic oxidation sites excluding steroid dienone is 1. The van der Waals surface area contributed by atoms with Gasteiger partial charge in [0.2, 0.25) is 0 Å². The summed E-state index contributed by atoms with van der Waals surface area (Å²) in [5, 5.41) is 9.26. The number of carboxylic acids is 1. The molecule has 0 atom stereocenters. The number of rotatable bonds is 5. The quantitative estimate of drug-likeness (QED) is 0.874. The van der Waals surface area contributed by atoms with E-state index in [9.17, 15) is 9.90 Å². The molecule has 0 heterocycles. The van der Waals surface area contributed by atoms with Gasteiger partial charge in [-0.2, -0.15) is 0 Å². The van der Waals surface area contributed by atoms with Gasteiger partial charge in [-0.1, -0.05) is 54.1 Å². The summed E-state index contributed by atoms with van der Waals surface area (Å²) in [5.41, 5.74) is 4.81. The van der Waals surface area contributed by atoms with Crippen molar-refractivity contribution in [1.29, 1.82) is 0 Å². The molecule has 0 aromatic heterocycles. The van der Waals surface area contributed by atoms with Crippen LogP contribution in [-0.2, 0) is 12.8 Å². The maximum absolute atomic E-state index is 11.3. The Labute approximate surface area is 125 Å². The molecule has 2 aromatic rings. The van der Waals surface area contributed by atoms with Crippen molar-refractivity contribution < 1.29 is 9.90 Å². The van der Waals surface area contributed by atoms with Gasteiger partial charge in [-0.05, 0) is 49.4 Å². The molecule has 0 saturated carbocycles. The van der Waals surface area contributed by atoms with Crippen LogP contribution in [0.5, 0.6) is 0 Å². The largest absolute Gasteiger partial charge is 0.478 e. The van der Waals surface area contributed by atoms with Gasteiger partial charge in [0.1, 0.15) is 0 Å². The van der Waals surface area contributed by atoms with Crippen LogP contribution in [0.4, 0.5) is 0 Å². The van der Waals surface area contributed by atoms with Gasteiger partial charge >= 0.3 is 5.97 Å². The number of aryl methyl sites for hydroxylation is 3. The van der Waals surface area contributed by atoms with Gasteiger partial charge in [0.25, 0.3) is 0 Å². The molecule has 0 aliphatic rings. The Hall–Kier alpha value is -2.35. The van der Waals surface area contributed by atoms with Crippen LogP contribution < -0.4 is 0 Å². The zero-order chi connectivity index (χ0) is 15.2. The molecule has 21 heavy (non-hydrogen) atoms. The fraction of sp³-hybridized carbons (Fsp3) is 0.211. The zero-order valence-electron chi connectivity index (χ0n) is 12.5. The highest BCUT2D eigenvalue weighted by Gasteiger charge is 2.10. The van der Waals surface area contributed by atoms with Gasteiger partial charge in [-0.15, -0.1) is 0 Å². The summed E-state index contributed by atoms with van der Waals surface area (Å²) in [5.74, 6) is -0.854. The monoisotopic (exact) mass is 280 g/mol. The molecule has 2 rings (SSSR count). The van der Waals surface area contributed by atoms with Crippen LogP contribution in [0.2, 0.25) is 0 Å². The minimum absolute atomic E-state index is 0.408. The highest BCUT2D eigenvalue weighted by molar-refractivity contribution is 5.89. The molecule has 0 spiro atoms. The van der Waals surface area contributed by atoms with E-state index in [2.05, 4.69) is 24.3 Å². The Morgan fingerprint density at radius 2 is 1.95 bits per heavy atom. The lowest BCUT2D eigenvalue weighted by atomic mass is 9.97. The second kappa shape index (κ2) is 6.89. The lowest BCUT2D eigenvalue weighted by Gasteiger charge is -2.08. The first-order chi connectivity index (χ1) is 10.1. The smallest absolute Gasteiger partial charge is 0.335 e. The maximum Gasteiger partial charge on any atom is 0.335 e. The Balaban J connectivity index is 2.18. The van der Waals surface area contributed by atoms with Crippen molar-refractivity contribution >= 4 is 12.0 Å². The van der Waals surface area contributed by atoms with Crippen molar-refractivity contribution in [2.24, 2.45) is 0 Å². The zero-order valence-corrected chi connectivity index (χ0v) is 12.5. The van der Waals surface area contributed by atoms with Crippen molar-refractivity contribution in [3.05, 3.63) is 76.4 Å². The molecule has 0 unspecified atom stereocenters. The normalized spacial score (nSPS) is 11.0. The Bertz CT molecular complexity index is 669. The average Bonchev–Trinajstić information content (AvgIpc) is 2.45. The Morgan fingerprint density at radius 1 is 1.14 bits per heavy atom. The standard InChI is InChI=1S/C19H20O2/c1-3-5-15-6-4-7-16(13-15)9-10-17-12-14(2)8-11-18(17)19(20)21/h3-8,11-13H,9-10H2,1-2H3,(H,20,21)/b5-3-. The van der Waals surface area contributed by atoms with Crippen LogP contribution in [0.3, 0.4) is 0 Å². The van der Waals surface area contributed by atoms with Crippen LogP contribution in [0, 0.1) is 6.92 Å². The summed E-state index contributed by atoms with van der Waals surface area (Å²) in [6, 6.07) is 13.9. The van der Waals surface area contributed by atoms with E-state index in [0.29, 0.717) is 5.56 Å². The predicted molar refractivity (Wildman–Crippen MR) is 86.7 cm³/mol. The fourth-order valence-corrected chi connectivity index (χ4v) is 2.46. The number of carbonyl (C=O) groups is 1. The molecule has 0 aliphatic carbocycles. The maximum atomic E-state index is 11.3. The highest BCUT2D eigenvalue weighted by Crippen LogP contribution is 2.16. The Morgan fingerprint density at radius 3 is 2.67 bits per heavy atom. The third-order valence-corrected chi connectivity index (χ3v) is 3.48. The minimum atomic E-state index is -0.854. The average molecular weight is 280 g/mol. The first-order valence-corrected chi connectivity index (χ1v) is 7.14. The van der Waals surface area contributed by atoms with Crippen LogP contribution in [0.15, 0.2) is 48.5 Å². The van der Waals surface area contributed by atoms with Gasteiger partial charge in [-0.25, -0.2) is 4.79 Å². The molecule has 0 bridgehead atoms. The van der Waals surface area contributed by atoms with Crippen LogP contribution in [0.25, 0.3) is 6.08 Å². The summed E-state index contributed by atoms with van der Waals surface area (Å²) >= 11 is 0. The Kier molecular flexibility index (Phi) is 4.94. The summed E-state index contributed by atoms with van der Waals surface area (Å²) in [7, 11) is 0. The van der Waals surface area contributed by atoms with Crippen LogP contribution >= 0.6 is 0 Å². The van der Waals surface area contributed by atoms with Gasteiger partial charge < -0.3 is 5.11 Å². The summed E-state index contributed by atoms with van der Waals surface area (Å²) in [6.45, 7) is 3.99. The third-order valence-electron chi connectivity index (χ3n) is 3.48. The molecule has 2 aromatic carbocycles. The molecule has 2 heteroatoms. The second-order valence-electron chi connectivity index (χ2n) is 5.21. The minimum Gasteiger partial charge on any atom is -0.478 e. The van der Waals surface area contributed by atoms with Gasteiger partial charge in [0, 0.05) is 0 Å². The van der Waals surface area contributed by atoms with E-state index in [-0.39, 0.29) is 0 Å². The predicted octanol–water partition coefficient (Wildman–Crippen LogP) is 4.51. The van der Waals surface area contributed by atoms with E-state index in [0.717, 1.165) is 24.0 Å². The molecule has 1 N–H and O–H groups in total. The number of hydrogen-bond donors (Lipinski definition) is 1. The second-order valence-corrected chi connectivity index (χ2v) is 5.21. The van der Waals surface area contributed by atoms with E-state index >= 15 is 0 Å². The van der Waals surface area contributed by atoms with Crippen molar-refractivity contribution in [2.45, 2.75) is 26.7 Å². The van der Waals surface area contributed by atoms with E-state index in [4.69, 9.17) is 0 Å². The molecule has 0 fully saturated rings. The SMILES string of the molecule is C/C=C\c1cccc(CCc2cc(C)ccc2C(=O)O)c1. The van der Waals surface area contributed by atoms with Crippen molar-refractivity contribution in [2.75, 3.05) is 0 Å². The summed E-state index contributed by atoms with van der Waals surface area (Å²) in [4.78, 5) is 11.3. The van der Waals surface area contributed by atoms with Crippen molar-refractivity contribution in [3.63, 3.8) is 0 Å². The molecule has 0 radical (unpaired) electrons. The van der Waals surface area contributed by atoms with Crippen LogP contribution in [-0.4, -0.2) is 11.1 Å². The molecular formula is C19H20O2. The number of hydrogen-bond acceptors (Lipinski definition) is 1. The van der Waals surface area contributed by atoms with E-state index in [1.165, 1.54) is 11.1 Å². The van der Waals surface area contributed by atoms with E-state index in [1.54, 1.807) is 6.07 Å². The molecule has 0 saturated heterocycles. The first kappa shape index (κ1) is 15.0. The van der Waals surface area contributed by atoms with Crippen LogP contribution in [0.1, 0.15) is 39.5 Å². The molecule has 108 valence electrons. The topological polar surface area (TPSA) is 37.3 Å². The highest BCUT2D eigenvalue weighted by atomic mass is 16.4. The lowest BCUT2D eigenvalue weighted by molar-refractivity contribution is 0.0695. The van der Waals surface area contributed by atoms with Crippen molar-refractivity contribution in [1.82, 2.24) is 0 Å². The molecule has 2 nitrogen and oxygen atoms in total. The molecule has 0 amide bonds. The van der Waals surface area contributed by atoms with E-state index < -0.39 is 5.97 Å². The first-order valence-electron chi connectivity index (χ1n) is 7.14. The number of benzene rings is 2. The third kappa shape index (κ3) is 4.06. The van der Waals surface area contributed by atoms with Gasteiger partial charge in [0.05, 0.1) is 5.56 Å². The molecule has 0 aliphatic heterocycles. The summed E-state index contributed by atoms with van der Waals surface area (Å²) < 4.78 is 0.